The number of phenolic OH excluding ortho intramolecular Hbond substituents is 1. The SMILES string of the molecule is CO[C@H]1[C@@H](O)[C@@H](C)O[C@H](O[C@H]2[C@H](Oc3cccc4c(O)c5c(=O)oc6ccc(C)c7c(=O)oc(c34)c5c67)O[C@H](C)[C@@H]3OC(c4ccccc4)O[C@@H]32)[C@@H]1O. The molecule has 1 unspecified atom stereocenters. The predicted octanol–water partition coefficient (Wildman–Crippen LogP) is 4.13. The molecule has 9 rings (SSSR count). The van der Waals surface area contributed by atoms with Gasteiger partial charge < -0.3 is 57.3 Å². The Hall–Kier alpha value is -4.64. The number of aliphatic hydroxyl groups excluding tert-OH is 2. The Morgan fingerprint density at radius 1 is 0.679 bits per heavy atom. The number of benzene rings is 4. The highest BCUT2D eigenvalue weighted by atomic mass is 16.8. The smallest absolute Gasteiger partial charge is 0.348 e. The second-order valence-corrected chi connectivity index (χ2v) is 13.8. The molecule has 0 amide bonds. The minimum Gasteiger partial charge on any atom is -0.506 e. The number of fused-ring (bicyclic) bond motifs is 3. The van der Waals surface area contributed by atoms with Crippen LogP contribution in [0.25, 0.3) is 43.5 Å². The second-order valence-electron chi connectivity index (χ2n) is 13.8. The fourth-order valence-electron chi connectivity index (χ4n) is 7.98. The Morgan fingerprint density at radius 2 is 1.42 bits per heavy atom. The molecule has 0 bridgehead atoms. The molecule has 0 spiro atoms. The van der Waals surface area contributed by atoms with Gasteiger partial charge in [0.1, 0.15) is 53.0 Å². The molecule has 11 atom stereocenters. The van der Waals surface area contributed by atoms with E-state index in [9.17, 15) is 24.9 Å². The molecule has 6 aromatic rings. The number of aliphatic hydroxyl groups is 2. The van der Waals surface area contributed by atoms with Crippen LogP contribution in [0.4, 0.5) is 0 Å². The first-order valence-corrected chi connectivity index (χ1v) is 17.3. The Labute approximate surface area is 300 Å². The van der Waals surface area contributed by atoms with E-state index >= 15 is 0 Å². The van der Waals surface area contributed by atoms with Crippen molar-refractivity contribution in [3.8, 4) is 11.5 Å². The van der Waals surface area contributed by atoms with Crippen LogP contribution in [0.15, 0.2) is 79.1 Å². The monoisotopic (exact) mass is 728 g/mol. The van der Waals surface area contributed by atoms with Gasteiger partial charge >= 0.3 is 11.3 Å². The molecule has 2 aromatic heterocycles. The summed E-state index contributed by atoms with van der Waals surface area (Å²) in [6, 6.07) is 17.4. The molecule has 3 saturated heterocycles. The normalized spacial score (nSPS) is 31.8. The van der Waals surface area contributed by atoms with E-state index in [1.807, 2.05) is 30.3 Å². The van der Waals surface area contributed by atoms with E-state index in [0.717, 1.165) is 5.56 Å². The van der Waals surface area contributed by atoms with E-state index in [2.05, 4.69) is 0 Å². The number of rotatable bonds is 6. The van der Waals surface area contributed by atoms with Gasteiger partial charge in [-0.1, -0.05) is 48.5 Å². The highest BCUT2D eigenvalue weighted by molar-refractivity contribution is 6.28. The lowest BCUT2D eigenvalue weighted by atomic mass is 9.95. The van der Waals surface area contributed by atoms with E-state index in [1.165, 1.54) is 7.11 Å². The van der Waals surface area contributed by atoms with Gasteiger partial charge in [0.05, 0.1) is 23.0 Å². The van der Waals surface area contributed by atoms with E-state index < -0.39 is 79.0 Å². The van der Waals surface area contributed by atoms with Crippen molar-refractivity contribution < 1.29 is 57.3 Å². The van der Waals surface area contributed by atoms with Gasteiger partial charge in [-0.3, -0.25) is 0 Å². The van der Waals surface area contributed by atoms with Gasteiger partial charge in [-0.2, -0.15) is 0 Å². The number of hydrogen-bond acceptors (Lipinski definition) is 14. The number of ether oxygens (including phenoxy) is 7. The van der Waals surface area contributed by atoms with Crippen LogP contribution in [-0.2, 0) is 28.4 Å². The summed E-state index contributed by atoms with van der Waals surface area (Å²) in [6.07, 6.45) is -10.9. The van der Waals surface area contributed by atoms with E-state index in [-0.39, 0.29) is 49.6 Å². The maximum Gasteiger partial charge on any atom is 0.348 e. The summed E-state index contributed by atoms with van der Waals surface area (Å²) in [5.74, 6) is -0.266. The van der Waals surface area contributed by atoms with E-state index in [0.29, 0.717) is 10.9 Å². The standard InChI is InChI=1S/C39H36O14/c1-15-13-14-21-24-22(15)35(43)50-31-23-19(28(41)26(25(24)31)36(44)48-21)11-8-12-20(23)49-39-34(53-38-29(42)32(45-4)27(40)16(2)46-38)33-30(17(3)47-39)51-37(52-33)18-9-6-5-7-10-18/h5-14,16-17,27,29-30,32-34,37-42H,1-4H3/t16-,17-,27+,29-,30+,32+,33+,34-,37?,38-,39+/m1/s1. The van der Waals surface area contributed by atoms with Gasteiger partial charge in [0.25, 0.3) is 0 Å². The fourth-order valence-corrected chi connectivity index (χ4v) is 7.98. The van der Waals surface area contributed by atoms with Crippen molar-refractivity contribution in [2.45, 2.75) is 88.5 Å². The molecule has 14 nitrogen and oxygen atoms in total. The van der Waals surface area contributed by atoms with Crippen LogP contribution in [0.5, 0.6) is 11.5 Å². The zero-order valence-electron chi connectivity index (χ0n) is 29.0. The summed E-state index contributed by atoms with van der Waals surface area (Å²) < 4.78 is 55.4. The Kier molecular flexibility index (Phi) is 8.21. The lowest BCUT2D eigenvalue weighted by molar-refractivity contribution is -0.346. The topological polar surface area (TPSA) is 186 Å². The molecule has 53 heavy (non-hydrogen) atoms. The Balaban J connectivity index is 1.19. The van der Waals surface area contributed by atoms with Crippen molar-refractivity contribution in [2.24, 2.45) is 0 Å². The molecule has 0 radical (unpaired) electrons. The van der Waals surface area contributed by atoms with Gasteiger partial charge in [0.15, 0.2) is 24.3 Å². The molecule has 14 heteroatoms. The fraction of sp³-hybridized carbons (Fsp3) is 0.385. The zero-order valence-corrected chi connectivity index (χ0v) is 29.0. The van der Waals surface area contributed by atoms with Gasteiger partial charge in [0.2, 0.25) is 6.29 Å². The maximum atomic E-state index is 13.6. The number of aryl methyl sites for hydroxylation is 1. The van der Waals surface area contributed by atoms with Gasteiger partial charge in [-0.25, -0.2) is 9.59 Å². The third-order valence-corrected chi connectivity index (χ3v) is 10.6. The third-order valence-electron chi connectivity index (χ3n) is 10.6. The quantitative estimate of drug-likeness (QED) is 0.126. The largest absolute Gasteiger partial charge is 0.506 e. The summed E-state index contributed by atoms with van der Waals surface area (Å²) in [6.45, 7) is 5.17. The first-order valence-electron chi connectivity index (χ1n) is 17.3. The summed E-state index contributed by atoms with van der Waals surface area (Å²) >= 11 is 0. The van der Waals surface area contributed by atoms with Crippen molar-refractivity contribution in [1.29, 1.82) is 0 Å². The van der Waals surface area contributed by atoms with Crippen LogP contribution < -0.4 is 16.0 Å². The number of methoxy groups -OCH3 is 1. The molecule has 4 aromatic carbocycles. The van der Waals surface area contributed by atoms with Crippen LogP contribution in [-0.4, -0.2) is 83.8 Å². The van der Waals surface area contributed by atoms with Crippen LogP contribution in [0.2, 0.25) is 0 Å². The van der Waals surface area contributed by atoms with Crippen molar-refractivity contribution in [2.75, 3.05) is 7.11 Å². The Morgan fingerprint density at radius 3 is 2.19 bits per heavy atom. The van der Waals surface area contributed by atoms with Crippen molar-refractivity contribution in [3.63, 3.8) is 0 Å². The highest BCUT2D eigenvalue weighted by Crippen LogP contribution is 2.47. The van der Waals surface area contributed by atoms with Crippen molar-refractivity contribution in [1.82, 2.24) is 0 Å². The van der Waals surface area contributed by atoms with Gasteiger partial charge in [-0.05, 0) is 38.5 Å². The molecule has 3 N–H and O–H groups in total. The van der Waals surface area contributed by atoms with Crippen molar-refractivity contribution >= 4 is 43.5 Å². The molecule has 3 fully saturated rings. The number of phenols is 1. The first kappa shape index (κ1) is 34.1. The first-order chi connectivity index (χ1) is 25.5. The molecular formula is C39H36O14. The van der Waals surface area contributed by atoms with Crippen molar-refractivity contribution in [3.05, 3.63) is 92.6 Å². The summed E-state index contributed by atoms with van der Waals surface area (Å²) in [4.78, 5) is 26.9. The molecule has 5 heterocycles. The minimum atomic E-state index is -1.42. The minimum absolute atomic E-state index is 0.00461. The molecule has 0 saturated carbocycles. The average Bonchev–Trinajstić information content (AvgIpc) is 3.60. The molecule has 3 aliphatic rings. The molecule has 3 aliphatic heterocycles. The molecule has 0 aliphatic carbocycles. The summed E-state index contributed by atoms with van der Waals surface area (Å²) in [5.41, 5.74) is 0.0587. The number of aromatic hydroxyl groups is 1. The zero-order chi connectivity index (χ0) is 36.9. The summed E-state index contributed by atoms with van der Waals surface area (Å²) in [7, 11) is 1.37. The maximum absolute atomic E-state index is 13.6. The van der Waals surface area contributed by atoms with Crippen LogP contribution in [0.3, 0.4) is 0 Å². The average molecular weight is 729 g/mol. The molecule has 276 valence electrons. The highest BCUT2D eigenvalue weighted by Gasteiger charge is 2.56. The second kappa shape index (κ2) is 12.7. The van der Waals surface area contributed by atoms with Crippen LogP contribution >= 0.6 is 0 Å². The molecular weight excluding hydrogens is 692 g/mol. The Bertz CT molecular complexity index is 2460. The number of hydrogen-bond donors (Lipinski definition) is 3. The van der Waals surface area contributed by atoms with Gasteiger partial charge in [-0.15, -0.1) is 0 Å². The summed E-state index contributed by atoms with van der Waals surface area (Å²) in [5, 5.41) is 34.5. The lowest BCUT2D eigenvalue weighted by Crippen LogP contribution is -2.63. The van der Waals surface area contributed by atoms with Gasteiger partial charge in [0, 0.05) is 28.8 Å². The van der Waals surface area contributed by atoms with E-state index in [4.69, 9.17) is 42.0 Å². The van der Waals surface area contributed by atoms with Crippen LogP contribution in [0.1, 0.15) is 31.3 Å². The lowest BCUT2D eigenvalue weighted by Gasteiger charge is -2.45. The predicted molar refractivity (Wildman–Crippen MR) is 187 cm³/mol. The third kappa shape index (κ3) is 5.24. The van der Waals surface area contributed by atoms with Crippen LogP contribution in [0, 0.1) is 6.92 Å². The van der Waals surface area contributed by atoms with E-state index in [1.54, 1.807) is 51.1 Å².